The average Bonchev–Trinajstić information content (AvgIpc) is 2.44. The molecule has 0 aromatic heterocycles. The number of aliphatic hydroxyl groups excluding tert-OH is 1. The molecule has 5 heteroatoms. The van der Waals surface area contributed by atoms with Gasteiger partial charge in [0.2, 0.25) is 0 Å². The lowest BCUT2D eigenvalue weighted by atomic mass is 10.0. The third kappa shape index (κ3) is 2.99. The quantitative estimate of drug-likeness (QED) is 0.909. The minimum atomic E-state index is -1.13. The van der Waals surface area contributed by atoms with Crippen molar-refractivity contribution in [3.63, 3.8) is 0 Å². The summed E-state index contributed by atoms with van der Waals surface area (Å²) in [5.74, 6) is -0.975. The van der Waals surface area contributed by atoms with E-state index in [4.69, 9.17) is 4.74 Å². The van der Waals surface area contributed by atoms with Gasteiger partial charge >= 0.3 is 0 Å². The van der Waals surface area contributed by atoms with Crippen LogP contribution >= 0.6 is 15.9 Å². The van der Waals surface area contributed by atoms with Gasteiger partial charge in [-0.25, -0.2) is 8.78 Å². The summed E-state index contributed by atoms with van der Waals surface area (Å²) >= 11 is 3.06. The Bertz CT molecular complexity index is 617. The number of rotatable bonds is 4. The van der Waals surface area contributed by atoms with Gasteiger partial charge in [-0.3, -0.25) is 0 Å². The fourth-order valence-electron chi connectivity index (χ4n) is 1.97. The van der Waals surface area contributed by atoms with E-state index in [1.165, 1.54) is 31.4 Å². The molecule has 0 bridgehead atoms. The van der Waals surface area contributed by atoms with Gasteiger partial charge in [-0.05, 0) is 33.6 Å². The predicted molar refractivity (Wildman–Crippen MR) is 75.7 cm³/mol. The molecule has 1 atom stereocenters. The lowest BCUT2D eigenvalue weighted by Crippen LogP contribution is -2.06. The van der Waals surface area contributed by atoms with Crippen LogP contribution in [0.2, 0.25) is 0 Å². The highest BCUT2D eigenvalue weighted by molar-refractivity contribution is 9.10. The first-order valence-corrected chi connectivity index (χ1v) is 6.77. The third-order valence-corrected chi connectivity index (χ3v) is 3.63. The monoisotopic (exact) mass is 342 g/mol. The lowest BCUT2D eigenvalue weighted by Gasteiger charge is -2.14. The van der Waals surface area contributed by atoms with Crippen molar-refractivity contribution in [3.8, 4) is 5.75 Å². The van der Waals surface area contributed by atoms with E-state index in [-0.39, 0.29) is 27.8 Å². The Labute approximate surface area is 124 Å². The van der Waals surface area contributed by atoms with E-state index >= 15 is 0 Å². The Balaban J connectivity index is 2.28. The third-order valence-electron chi connectivity index (χ3n) is 3.02. The maximum Gasteiger partial charge on any atom is 0.168 e. The molecular weight excluding hydrogens is 330 g/mol. The summed E-state index contributed by atoms with van der Waals surface area (Å²) in [5, 5.41) is 10.1. The number of ether oxygens (including phenoxy) is 1. The van der Waals surface area contributed by atoms with Gasteiger partial charge in [0, 0.05) is 12.0 Å². The van der Waals surface area contributed by atoms with Gasteiger partial charge in [0.15, 0.2) is 11.6 Å². The van der Waals surface area contributed by atoms with E-state index in [1.807, 2.05) is 0 Å². The molecule has 20 heavy (non-hydrogen) atoms. The summed E-state index contributed by atoms with van der Waals surface area (Å²) in [6.45, 7) is 0. The van der Waals surface area contributed by atoms with Crippen LogP contribution in [-0.2, 0) is 6.42 Å². The molecule has 2 aromatic rings. The lowest BCUT2D eigenvalue weighted by molar-refractivity contribution is 0.172. The maximum atomic E-state index is 14.0. The van der Waals surface area contributed by atoms with Crippen LogP contribution in [0.25, 0.3) is 0 Å². The molecule has 1 unspecified atom stereocenters. The normalized spacial score (nSPS) is 12.2. The minimum absolute atomic E-state index is 0.0313. The standard InChI is InChI=1S/C15H13BrF2O2/c1-20-13-7-2-4-9(14(13)17)8-12(19)10-5-3-6-11(16)15(10)18/h2-7,12,19H,8H2,1H3. The van der Waals surface area contributed by atoms with E-state index in [9.17, 15) is 13.9 Å². The van der Waals surface area contributed by atoms with Crippen molar-refractivity contribution in [1.29, 1.82) is 0 Å². The molecule has 2 rings (SSSR count). The van der Waals surface area contributed by atoms with Crippen LogP contribution in [0.5, 0.6) is 5.75 Å². The van der Waals surface area contributed by atoms with Gasteiger partial charge in [-0.1, -0.05) is 24.3 Å². The second-order valence-corrected chi connectivity index (χ2v) is 5.15. The molecule has 0 saturated heterocycles. The van der Waals surface area contributed by atoms with Gasteiger partial charge in [0.1, 0.15) is 5.82 Å². The topological polar surface area (TPSA) is 29.5 Å². The first kappa shape index (κ1) is 14.9. The van der Waals surface area contributed by atoms with E-state index in [0.29, 0.717) is 0 Å². The molecule has 0 radical (unpaired) electrons. The molecule has 2 aromatic carbocycles. The number of aliphatic hydroxyl groups is 1. The largest absolute Gasteiger partial charge is 0.494 e. The number of halogens is 3. The van der Waals surface area contributed by atoms with Gasteiger partial charge in [-0.15, -0.1) is 0 Å². The summed E-state index contributed by atoms with van der Waals surface area (Å²) in [5.41, 5.74) is 0.401. The molecule has 0 saturated carbocycles. The van der Waals surface area contributed by atoms with Crippen molar-refractivity contribution >= 4 is 15.9 Å². The minimum Gasteiger partial charge on any atom is -0.494 e. The smallest absolute Gasteiger partial charge is 0.168 e. The van der Waals surface area contributed by atoms with E-state index in [1.54, 1.807) is 12.1 Å². The molecule has 0 fully saturated rings. The highest BCUT2D eigenvalue weighted by atomic mass is 79.9. The Morgan fingerprint density at radius 2 is 1.85 bits per heavy atom. The molecule has 0 heterocycles. The molecule has 0 aliphatic heterocycles. The zero-order valence-corrected chi connectivity index (χ0v) is 12.3. The summed E-state index contributed by atoms with van der Waals surface area (Å²) in [6.07, 6.45) is -1.16. The molecule has 0 spiro atoms. The number of methoxy groups -OCH3 is 1. The molecule has 0 aliphatic carbocycles. The molecule has 0 aliphatic rings. The second-order valence-electron chi connectivity index (χ2n) is 4.30. The molecule has 2 nitrogen and oxygen atoms in total. The maximum absolute atomic E-state index is 14.0. The zero-order chi connectivity index (χ0) is 14.7. The summed E-state index contributed by atoms with van der Waals surface area (Å²) < 4.78 is 33.0. The van der Waals surface area contributed by atoms with Gasteiger partial charge in [-0.2, -0.15) is 0 Å². The Hall–Kier alpha value is -1.46. The summed E-state index contributed by atoms with van der Waals surface area (Å²) in [7, 11) is 1.37. The number of hydrogen-bond donors (Lipinski definition) is 1. The zero-order valence-electron chi connectivity index (χ0n) is 10.7. The van der Waals surface area contributed by atoms with Crippen LogP contribution in [0.4, 0.5) is 8.78 Å². The van der Waals surface area contributed by atoms with Crippen molar-refractivity contribution in [3.05, 3.63) is 63.6 Å². The Morgan fingerprint density at radius 3 is 2.55 bits per heavy atom. The van der Waals surface area contributed by atoms with E-state index in [0.717, 1.165) is 0 Å². The summed E-state index contributed by atoms with van der Waals surface area (Å²) in [4.78, 5) is 0. The van der Waals surface area contributed by atoms with Crippen molar-refractivity contribution < 1.29 is 18.6 Å². The highest BCUT2D eigenvalue weighted by Gasteiger charge is 2.18. The van der Waals surface area contributed by atoms with Gasteiger partial charge in [0.05, 0.1) is 17.7 Å². The van der Waals surface area contributed by atoms with Crippen molar-refractivity contribution in [2.75, 3.05) is 7.11 Å². The fraction of sp³-hybridized carbons (Fsp3) is 0.200. The summed E-state index contributed by atoms with van der Waals surface area (Å²) in [6, 6.07) is 9.29. The van der Waals surface area contributed by atoms with Crippen LogP contribution in [0.1, 0.15) is 17.2 Å². The van der Waals surface area contributed by atoms with Gasteiger partial charge in [0.25, 0.3) is 0 Å². The van der Waals surface area contributed by atoms with E-state index < -0.39 is 17.7 Å². The van der Waals surface area contributed by atoms with Crippen molar-refractivity contribution in [2.24, 2.45) is 0 Å². The first-order valence-electron chi connectivity index (χ1n) is 5.98. The SMILES string of the molecule is COc1cccc(CC(O)c2cccc(Br)c2F)c1F. The van der Waals surface area contributed by atoms with Crippen LogP contribution < -0.4 is 4.74 Å². The molecular formula is C15H13BrF2O2. The fourth-order valence-corrected chi connectivity index (χ4v) is 2.35. The van der Waals surface area contributed by atoms with Crippen LogP contribution in [0.15, 0.2) is 40.9 Å². The molecule has 1 N–H and O–H groups in total. The average molecular weight is 343 g/mol. The predicted octanol–water partition coefficient (Wildman–Crippen LogP) is 4.01. The van der Waals surface area contributed by atoms with Crippen molar-refractivity contribution in [2.45, 2.75) is 12.5 Å². The first-order chi connectivity index (χ1) is 9.54. The highest BCUT2D eigenvalue weighted by Crippen LogP contribution is 2.28. The van der Waals surface area contributed by atoms with E-state index in [2.05, 4.69) is 15.9 Å². The van der Waals surface area contributed by atoms with Crippen LogP contribution in [0.3, 0.4) is 0 Å². The molecule has 0 amide bonds. The van der Waals surface area contributed by atoms with Gasteiger partial charge < -0.3 is 9.84 Å². The Morgan fingerprint density at radius 1 is 1.15 bits per heavy atom. The number of benzene rings is 2. The van der Waals surface area contributed by atoms with Crippen LogP contribution in [-0.4, -0.2) is 12.2 Å². The molecule has 106 valence electrons. The second kappa shape index (κ2) is 6.33. The van der Waals surface area contributed by atoms with Crippen molar-refractivity contribution in [1.82, 2.24) is 0 Å². The Kier molecular flexibility index (Phi) is 4.73. The van der Waals surface area contributed by atoms with Crippen LogP contribution in [0, 0.1) is 11.6 Å². The number of hydrogen-bond acceptors (Lipinski definition) is 2.